The van der Waals surface area contributed by atoms with Gasteiger partial charge in [0.2, 0.25) is 5.91 Å². The van der Waals surface area contributed by atoms with Gasteiger partial charge in [0, 0.05) is 23.8 Å². The van der Waals surface area contributed by atoms with Crippen molar-refractivity contribution in [3.8, 4) is 0 Å². The second-order valence-corrected chi connectivity index (χ2v) is 10.4. The lowest BCUT2D eigenvalue weighted by Gasteiger charge is -2.34. The van der Waals surface area contributed by atoms with Crippen molar-refractivity contribution in [1.82, 2.24) is 9.88 Å². The lowest BCUT2D eigenvalue weighted by Crippen LogP contribution is -2.45. The molecular weight excluding hydrogens is 506 g/mol. The molecule has 3 saturated heterocycles. The first-order chi connectivity index (χ1) is 18.2. The maximum absolute atomic E-state index is 14.1. The summed E-state index contributed by atoms with van der Waals surface area (Å²) < 4.78 is 64.3. The minimum absolute atomic E-state index is 0.0330. The fourth-order valence-electron chi connectivity index (χ4n) is 5.86. The van der Waals surface area contributed by atoms with E-state index in [-0.39, 0.29) is 43.8 Å². The molecule has 0 bridgehead atoms. The Morgan fingerprint density at radius 1 is 1.16 bits per heavy atom. The molecule has 1 aromatic carbocycles. The van der Waals surface area contributed by atoms with E-state index >= 15 is 0 Å². The van der Waals surface area contributed by atoms with E-state index in [1.807, 2.05) is 18.2 Å². The summed E-state index contributed by atoms with van der Waals surface area (Å²) in [6, 6.07) is 6.91. The second-order valence-electron chi connectivity index (χ2n) is 10.4. The number of aromatic nitrogens is 1. The van der Waals surface area contributed by atoms with Crippen molar-refractivity contribution >= 4 is 28.8 Å². The molecule has 0 radical (unpaired) electrons. The maximum Gasteiger partial charge on any atom is 0.401 e. The van der Waals surface area contributed by atoms with E-state index < -0.39 is 24.5 Å². The van der Waals surface area contributed by atoms with E-state index in [9.17, 15) is 22.4 Å². The van der Waals surface area contributed by atoms with Crippen LogP contribution in [0.4, 0.5) is 40.4 Å². The number of carbonyl (C=O) groups excluding carboxylic acids is 1. The molecule has 0 aliphatic carbocycles. The van der Waals surface area contributed by atoms with E-state index in [0.717, 1.165) is 18.3 Å². The minimum atomic E-state index is -4.27. The Morgan fingerprint density at radius 2 is 1.97 bits per heavy atom. The van der Waals surface area contributed by atoms with Crippen LogP contribution >= 0.6 is 0 Å². The van der Waals surface area contributed by atoms with Gasteiger partial charge in [-0.15, -0.1) is 0 Å². The molecule has 3 atom stereocenters. The summed E-state index contributed by atoms with van der Waals surface area (Å²) in [6.45, 7) is 0.659. The van der Waals surface area contributed by atoms with Crippen LogP contribution in [0.25, 0.3) is 0 Å². The van der Waals surface area contributed by atoms with Crippen molar-refractivity contribution in [3.05, 3.63) is 41.8 Å². The second kappa shape index (κ2) is 9.97. The van der Waals surface area contributed by atoms with Gasteiger partial charge in [-0.25, -0.2) is 9.37 Å². The number of carbonyl (C=O) groups is 1. The average Bonchev–Trinajstić information content (AvgIpc) is 3.45. The number of alkyl halides is 3. The van der Waals surface area contributed by atoms with Gasteiger partial charge in [0.15, 0.2) is 0 Å². The fraction of sp³-hybridized carbons (Fsp3) is 0.538. The number of likely N-dealkylation sites (tertiary alicyclic amines) is 1. The molecule has 0 unspecified atom stereocenters. The Hall–Kier alpha value is -2.96. The van der Waals surface area contributed by atoms with E-state index in [4.69, 9.17) is 9.47 Å². The third-order valence-corrected chi connectivity index (χ3v) is 7.73. The van der Waals surface area contributed by atoms with Crippen LogP contribution in [0.1, 0.15) is 24.8 Å². The quantitative estimate of drug-likeness (QED) is 0.572. The van der Waals surface area contributed by atoms with Crippen molar-refractivity contribution in [1.29, 1.82) is 0 Å². The van der Waals surface area contributed by atoms with Crippen LogP contribution < -0.4 is 15.5 Å². The molecule has 1 amide bonds. The third kappa shape index (κ3) is 5.16. The predicted molar refractivity (Wildman–Crippen MR) is 132 cm³/mol. The summed E-state index contributed by atoms with van der Waals surface area (Å²) >= 11 is 0. The van der Waals surface area contributed by atoms with E-state index in [1.165, 1.54) is 11.0 Å². The van der Waals surface area contributed by atoms with Gasteiger partial charge < -0.3 is 25.0 Å². The number of halogens is 4. The summed E-state index contributed by atoms with van der Waals surface area (Å²) in [5.41, 5.74) is 2.52. The molecule has 0 saturated carbocycles. The van der Waals surface area contributed by atoms with Crippen LogP contribution in [0.2, 0.25) is 0 Å². The molecule has 0 spiro atoms. The normalized spacial score (nSPS) is 25.8. The predicted octanol–water partition coefficient (Wildman–Crippen LogP) is 4.05. The summed E-state index contributed by atoms with van der Waals surface area (Å²) in [4.78, 5) is 21.0. The van der Waals surface area contributed by atoms with Gasteiger partial charge in [-0.3, -0.25) is 9.69 Å². The molecule has 8 nitrogen and oxygen atoms in total. The molecule has 2 aromatic rings. The Morgan fingerprint density at radius 3 is 2.76 bits per heavy atom. The first-order valence-corrected chi connectivity index (χ1v) is 12.9. The zero-order chi connectivity index (χ0) is 26.4. The summed E-state index contributed by atoms with van der Waals surface area (Å²) in [7, 11) is 0. The first-order valence-electron chi connectivity index (χ1n) is 12.9. The molecule has 1 aromatic heterocycles. The van der Waals surface area contributed by atoms with Crippen LogP contribution in [0, 0.1) is 11.7 Å². The van der Waals surface area contributed by atoms with Crippen LogP contribution in [0.5, 0.6) is 0 Å². The topological polar surface area (TPSA) is 79.0 Å². The highest BCUT2D eigenvalue weighted by molar-refractivity contribution is 6.00. The number of nitrogens with one attached hydrogen (secondary N) is 2. The molecule has 12 heteroatoms. The monoisotopic (exact) mass is 535 g/mol. The molecule has 4 aliphatic heterocycles. The highest BCUT2D eigenvalue weighted by Crippen LogP contribution is 2.39. The largest absolute Gasteiger partial charge is 0.401 e. The van der Waals surface area contributed by atoms with Gasteiger partial charge in [0.1, 0.15) is 17.7 Å². The van der Waals surface area contributed by atoms with Gasteiger partial charge in [0.25, 0.3) is 0 Å². The Labute approximate surface area is 217 Å². The molecular formula is C26H29F4N5O3. The van der Waals surface area contributed by atoms with Crippen molar-refractivity contribution in [2.24, 2.45) is 5.92 Å². The van der Waals surface area contributed by atoms with Crippen LogP contribution in [0.15, 0.2) is 30.5 Å². The van der Waals surface area contributed by atoms with Gasteiger partial charge >= 0.3 is 6.18 Å². The molecule has 3 fully saturated rings. The molecule has 4 aliphatic rings. The minimum Gasteiger partial charge on any atom is -0.377 e. The number of ether oxygens (including phenoxy) is 2. The molecule has 6 rings (SSSR count). The Kier molecular flexibility index (Phi) is 6.65. The maximum atomic E-state index is 14.1. The number of benzene rings is 1. The van der Waals surface area contributed by atoms with Crippen LogP contribution in [-0.2, 0) is 20.8 Å². The number of rotatable bonds is 4. The number of pyridine rings is 1. The number of hydrogen-bond acceptors (Lipinski definition) is 7. The van der Waals surface area contributed by atoms with Gasteiger partial charge in [0.05, 0.1) is 49.4 Å². The molecule has 38 heavy (non-hydrogen) atoms. The first kappa shape index (κ1) is 25.3. The Balaban J connectivity index is 1.26. The van der Waals surface area contributed by atoms with E-state index in [1.54, 1.807) is 4.90 Å². The smallest absolute Gasteiger partial charge is 0.377 e. The standard InChI is InChI=1S/C26H29F4N5O3/c27-17-9-16-12-35(25(36)15-3-6-34(7-4-15)14-26(28,29)30)21-10-18(1-2-19(21)33-24(16)31-11-17)32-20-13-38-22-5-8-37-23(20)22/h1-2,9-11,15,20,22-23,32H,3-8,12-14H2,(H,31,33)/t20-,22-,23-/m1/s1. The Bertz CT molecular complexity index is 1200. The zero-order valence-corrected chi connectivity index (χ0v) is 20.6. The van der Waals surface area contributed by atoms with E-state index in [2.05, 4.69) is 15.6 Å². The SMILES string of the molecule is O=C(C1CCN(CC(F)(F)F)CC1)N1Cc2cc(F)cnc2Nc2ccc(N[C@@H]3CO[C@@H]4CCO[C@H]34)cc21. The number of nitrogens with zero attached hydrogens (tertiary/aromatic N) is 3. The van der Waals surface area contributed by atoms with Crippen molar-refractivity contribution in [3.63, 3.8) is 0 Å². The van der Waals surface area contributed by atoms with Gasteiger partial charge in [-0.05, 0) is 56.6 Å². The number of piperidine rings is 1. The van der Waals surface area contributed by atoms with Crippen molar-refractivity contribution < 1.29 is 31.8 Å². The highest BCUT2D eigenvalue weighted by atomic mass is 19.4. The number of anilines is 4. The lowest BCUT2D eigenvalue weighted by molar-refractivity contribution is -0.149. The van der Waals surface area contributed by atoms with Crippen LogP contribution in [0.3, 0.4) is 0 Å². The van der Waals surface area contributed by atoms with Gasteiger partial charge in [-0.1, -0.05) is 0 Å². The molecule has 204 valence electrons. The molecule has 5 heterocycles. The van der Waals surface area contributed by atoms with Crippen molar-refractivity contribution in [2.75, 3.05) is 48.4 Å². The summed E-state index contributed by atoms with van der Waals surface area (Å²) in [6.07, 6.45) is -1.62. The number of fused-ring (bicyclic) bond motifs is 3. The van der Waals surface area contributed by atoms with Crippen molar-refractivity contribution in [2.45, 2.75) is 50.2 Å². The third-order valence-electron chi connectivity index (χ3n) is 7.73. The highest BCUT2D eigenvalue weighted by Gasteiger charge is 2.42. The number of amides is 1. The zero-order valence-electron chi connectivity index (χ0n) is 20.6. The van der Waals surface area contributed by atoms with Gasteiger partial charge in [-0.2, -0.15) is 13.2 Å². The van der Waals surface area contributed by atoms with Crippen LogP contribution in [-0.4, -0.2) is 73.1 Å². The summed E-state index contributed by atoms with van der Waals surface area (Å²) in [5.74, 6) is -0.700. The molecule has 2 N–H and O–H groups in total. The number of hydrogen-bond donors (Lipinski definition) is 2. The summed E-state index contributed by atoms with van der Waals surface area (Å²) in [5, 5.41) is 6.70. The average molecular weight is 536 g/mol. The lowest BCUT2D eigenvalue weighted by atomic mass is 9.94. The fourth-order valence-corrected chi connectivity index (χ4v) is 5.86. The van der Waals surface area contributed by atoms with E-state index in [0.29, 0.717) is 48.8 Å².